The molecule has 0 radical (unpaired) electrons. The summed E-state index contributed by atoms with van der Waals surface area (Å²) in [6.45, 7) is 7.34. The number of sulfone groups is 1. The van der Waals surface area contributed by atoms with Gasteiger partial charge in [0.1, 0.15) is 5.52 Å². The highest BCUT2D eigenvalue weighted by atomic mass is 32.2. The third-order valence-corrected chi connectivity index (χ3v) is 6.46. The van der Waals surface area contributed by atoms with Crippen LogP contribution in [0.2, 0.25) is 0 Å². The van der Waals surface area contributed by atoms with Gasteiger partial charge < -0.3 is 19.0 Å². The molecule has 3 aromatic rings. The van der Waals surface area contributed by atoms with Gasteiger partial charge >= 0.3 is 0 Å². The topological polar surface area (TPSA) is 96.2 Å². The molecule has 8 nitrogen and oxygen atoms in total. The van der Waals surface area contributed by atoms with E-state index in [2.05, 4.69) is 18.8 Å². The molecule has 32 heavy (non-hydrogen) atoms. The Hall–Kier alpha value is -2.91. The number of amides is 1. The number of hydrogen-bond donors (Lipinski definition) is 0. The Balaban J connectivity index is 0.000000433. The van der Waals surface area contributed by atoms with Gasteiger partial charge in [0.15, 0.2) is 15.4 Å². The lowest BCUT2D eigenvalue weighted by Crippen LogP contribution is -2.48. The van der Waals surface area contributed by atoms with E-state index in [0.717, 1.165) is 24.0 Å². The number of oxazole rings is 1. The van der Waals surface area contributed by atoms with Crippen molar-refractivity contribution >= 4 is 32.9 Å². The van der Waals surface area contributed by atoms with E-state index in [1.165, 1.54) is 12.1 Å². The monoisotopic (exact) mass is 457 g/mol. The molecule has 1 amide bonds. The maximum absolute atomic E-state index is 12.7. The van der Waals surface area contributed by atoms with Crippen molar-refractivity contribution in [2.24, 2.45) is 0 Å². The molecule has 2 fully saturated rings. The van der Waals surface area contributed by atoms with Crippen molar-refractivity contribution in [2.75, 3.05) is 43.9 Å². The molecule has 0 spiro atoms. The van der Waals surface area contributed by atoms with Crippen LogP contribution in [0.15, 0.2) is 57.8 Å². The molecule has 2 aromatic carbocycles. The third-order valence-electron chi connectivity index (χ3n) is 5.35. The quantitative estimate of drug-likeness (QED) is 0.558. The van der Waals surface area contributed by atoms with Gasteiger partial charge in [0, 0.05) is 38.0 Å². The standard InChI is InChI=1S/C19H19N3O4S.C4H8O/c1-27(24,25)15-6-4-5-14(13-15)18(23)21-9-11-22(12-10-21)19-20-16-7-2-3-8-17(16)26-19;1-4(2)3-5-4/h2-8,13H,9-12H2,1H3;3H2,1-2H3. The van der Waals surface area contributed by atoms with Crippen molar-refractivity contribution < 1.29 is 22.4 Å². The van der Waals surface area contributed by atoms with Gasteiger partial charge in [-0.1, -0.05) is 18.2 Å². The molecule has 0 bridgehead atoms. The summed E-state index contributed by atoms with van der Waals surface area (Å²) in [5.74, 6) is -0.169. The normalized spacial score (nSPS) is 17.6. The second-order valence-corrected chi connectivity index (χ2v) is 10.6. The third kappa shape index (κ3) is 5.28. The van der Waals surface area contributed by atoms with Crippen molar-refractivity contribution in [3.8, 4) is 0 Å². The van der Waals surface area contributed by atoms with Crippen LogP contribution in [0.25, 0.3) is 11.1 Å². The summed E-state index contributed by atoms with van der Waals surface area (Å²) in [4.78, 5) is 21.1. The number of fused-ring (bicyclic) bond motifs is 1. The van der Waals surface area contributed by atoms with Gasteiger partial charge in [0.2, 0.25) is 0 Å². The average Bonchev–Trinajstić information content (AvgIpc) is 3.30. The summed E-state index contributed by atoms with van der Waals surface area (Å²) in [6.07, 6.45) is 1.13. The molecule has 0 aliphatic carbocycles. The number of carbonyl (C=O) groups excluding carboxylic acids is 1. The number of nitrogens with zero attached hydrogens (tertiary/aromatic N) is 3. The number of ether oxygens (including phenoxy) is 1. The van der Waals surface area contributed by atoms with Crippen LogP contribution in [-0.2, 0) is 14.6 Å². The van der Waals surface area contributed by atoms with Crippen molar-refractivity contribution in [3.05, 3.63) is 54.1 Å². The lowest BCUT2D eigenvalue weighted by Gasteiger charge is -2.33. The summed E-state index contributed by atoms with van der Waals surface area (Å²) in [7, 11) is -3.35. The molecule has 2 saturated heterocycles. The molecule has 9 heteroatoms. The number of rotatable bonds is 3. The highest BCUT2D eigenvalue weighted by Gasteiger charge is 2.32. The maximum atomic E-state index is 12.7. The molecule has 0 N–H and O–H groups in total. The number of carbonyl (C=O) groups is 1. The number of aromatic nitrogens is 1. The number of piperazine rings is 1. The molecular formula is C23H27N3O5S. The molecule has 3 heterocycles. The Morgan fingerprint density at radius 2 is 1.69 bits per heavy atom. The molecular weight excluding hydrogens is 430 g/mol. The minimum Gasteiger partial charge on any atom is -0.423 e. The van der Waals surface area contributed by atoms with Gasteiger partial charge in [0.05, 0.1) is 17.1 Å². The van der Waals surface area contributed by atoms with Gasteiger partial charge in [-0.2, -0.15) is 4.98 Å². The summed E-state index contributed by atoms with van der Waals surface area (Å²) >= 11 is 0. The zero-order valence-corrected chi connectivity index (χ0v) is 19.3. The lowest BCUT2D eigenvalue weighted by molar-refractivity contribution is 0.0745. The van der Waals surface area contributed by atoms with E-state index in [9.17, 15) is 13.2 Å². The fourth-order valence-corrected chi connectivity index (χ4v) is 3.95. The van der Waals surface area contributed by atoms with E-state index in [1.807, 2.05) is 29.2 Å². The number of benzene rings is 2. The van der Waals surface area contributed by atoms with Crippen molar-refractivity contribution in [2.45, 2.75) is 24.3 Å². The SMILES string of the molecule is CC1(C)CO1.CS(=O)(=O)c1cccc(C(=O)N2CCN(c3nc4ccccc4o3)CC2)c1. The van der Waals surface area contributed by atoms with Gasteiger partial charge in [-0.05, 0) is 44.2 Å². The summed E-state index contributed by atoms with van der Waals surface area (Å²) in [5.41, 5.74) is 2.18. The lowest BCUT2D eigenvalue weighted by atomic mass is 10.2. The van der Waals surface area contributed by atoms with Crippen LogP contribution < -0.4 is 4.90 Å². The van der Waals surface area contributed by atoms with E-state index in [4.69, 9.17) is 9.15 Å². The number of epoxide rings is 1. The fourth-order valence-electron chi connectivity index (χ4n) is 3.28. The molecule has 0 atom stereocenters. The first kappa shape index (κ1) is 22.3. The molecule has 2 aliphatic rings. The van der Waals surface area contributed by atoms with Gasteiger partial charge in [-0.15, -0.1) is 0 Å². The summed E-state index contributed by atoms with van der Waals surface area (Å²) in [6, 6.07) is 14.3. The van der Waals surface area contributed by atoms with Crippen molar-refractivity contribution in [1.82, 2.24) is 9.88 Å². The Morgan fingerprint density at radius 1 is 1.03 bits per heavy atom. The first-order chi connectivity index (χ1) is 15.1. The predicted molar refractivity (Wildman–Crippen MR) is 122 cm³/mol. The minimum atomic E-state index is -3.35. The van der Waals surface area contributed by atoms with Crippen LogP contribution in [0.4, 0.5) is 6.01 Å². The number of anilines is 1. The van der Waals surface area contributed by atoms with Crippen molar-refractivity contribution in [3.63, 3.8) is 0 Å². The molecule has 170 valence electrons. The Kier molecular flexibility index (Phi) is 5.96. The van der Waals surface area contributed by atoms with E-state index in [0.29, 0.717) is 37.8 Å². The van der Waals surface area contributed by atoms with Gasteiger partial charge in [-0.3, -0.25) is 4.79 Å². The smallest absolute Gasteiger partial charge is 0.298 e. The number of para-hydroxylation sites is 2. The van der Waals surface area contributed by atoms with E-state index < -0.39 is 9.84 Å². The zero-order chi connectivity index (χ0) is 22.9. The number of hydrogen-bond acceptors (Lipinski definition) is 7. The highest BCUT2D eigenvalue weighted by Crippen LogP contribution is 2.24. The summed E-state index contributed by atoms with van der Waals surface area (Å²) in [5, 5.41) is 0. The van der Waals surface area contributed by atoms with Crippen LogP contribution in [0.5, 0.6) is 0 Å². The summed E-state index contributed by atoms with van der Waals surface area (Å²) < 4.78 is 34.1. The molecule has 0 unspecified atom stereocenters. The van der Waals surface area contributed by atoms with Crippen LogP contribution in [0, 0.1) is 0 Å². The second kappa shape index (κ2) is 8.55. The van der Waals surface area contributed by atoms with E-state index >= 15 is 0 Å². The minimum absolute atomic E-state index is 0.151. The van der Waals surface area contributed by atoms with E-state index in [-0.39, 0.29) is 16.4 Å². The van der Waals surface area contributed by atoms with Gasteiger partial charge in [0.25, 0.3) is 11.9 Å². The average molecular weight is 458 g/mol. The molecule has 2 aliphatic heterocycles. The fraction of sp³-hybridized carbons (Fsp3) is 0.391. The zero-order valence-electron chi connectivity index (χ0n) is 18.4. The van der Waals surface area contributed by atoms with Crippen LogP contribution >= 0.6 is 0 Å². The van der Waals surface area contributed by atoms with Crippen LogP contribution in [0.1, 0.15) is 24.2 Å². The molecule has 1 aromatic heterocycles. The van der Waals surface area contributed by atoms with Gasteiger partial charge in [-0.25, -0.2) is 8.42 Å². The Morgan fingerprint density at radius 3 is 2.28 bits per heavy atom. The van der Waals surface area contributed by atoms with Crippen LogP contribution in [0.3, 0.4) is 0 Å². The van der Waals surface area contributed by atoms with Crippen LogP contribution in [-0.4, -0.2) is 68.9 Å². The first-order valence-electron chi connectivity index (χ1n) is 10.5. The molecule has 0 saturated carbocycles. The largest absolute Gasteiger partial charge is 0.423 e. The van der Waals surface area contributed by atoms with Crippen molar-refractivity contribution in [1.29, 1.82) is 0 Å². The maximum Gasteiger partial charge on any atom is 0.298 e. The first-order valence-corrected chi connectivity index (χ1v) is 12.4. The highest BCUT2D eigenvalue weighted by molar-refractivity contribution is 7.90. The predicted octanol–water partition coefficient (Wildman–Crippen LogP) is 2.99. The van der Waals surface area contributed by atoms with E-state index in [1.54, 1.807) is 17.0 Å². The Bertz CT molecular complexity index is 1190. The second-order valence-electron chi connectivity index (χ2n) is 8.59. The molecule has 5 rings (SSSR count). The Labute approximate surface area is 187 Å².